The van der Waals surface area contributed by atoms with E-state index in [-0.39, 0.29) is 0 Å². The molecular formula is C7H6N6. The van der Waals surface area contributed by atoms with Gasteiger partial charge in [0.2, 0.25) is 0 Å². The number of hydrogen-bond donors (Lipinski definition) is 0. The molecule has 64 valence electrons. The van der Waals surface area contributed by atoms with Crippen LogP contribution in [0, 0.1) is 0 Å². The van der Waals surface area contributed by atoms with Gasteiger partial charge in [-0.05, 0) is 17.7 Å². The van der Waals surface area contributed by atoms with Crippen LogP contribution in [0.25, 0.3) is 21.5 Å². The number of azide groups is 1. The van der Waals surface area contributed by atoms with Gasteiger partial charge in [-0.25, -0.2) is 4.68 Å². The number of aromatic nitrogens is 3. The van der Waals surface area contributed by atoms with Gasteiger partial charge in [-0.2, -0.15) is 0 Å². The van der Waals surface area contributed by atoms with Crippen LogP contribution in [0.4, 0.5) is 5.69 Å². The highest BCUT2D eigenvalue weighted by Gasteiger charge is 2.00. The summed E-state index contributed by atoms with van der Waals surface area (Å²) >= 11 is 0. The van der Waals surface area contributed by atoms with Crippen LogP contribution in [0.2, 0.25) is 0 Å². The van der Waals surface area contributed by atoms with Crippen molar-refractivity contribution < 1.29 is 0 Å². The predicted molar refractivity (Wildman–Crippen MR) is 47.3 cm³/mol. The van der Waals surface area contributed by atoms with Gasteiger partial charge in [0.05, 0.1) is 5.52 Å². The summed E-state index contributed by atoms with van der Waals surface area (Å²) in [7, 11) is 1.81. The van der Waals surface area contributed by atoms with E-state index in [1.165, 1.54) is 0 Å². The molecule has 0 N–H and O–H groups in total. The van der Waals surface area contributed by atoms with Crippen LogP contribution in [0.15, 0.2) is 23.3 Å². The molecule has 0 saturated heterocycles. The lowest BCUT2D eigenvalue weighted by atomic mass is 10.3. The van der Waals surface area contributed by atoms with Crippen molar-refractivity contribution in [1.82, 2.24) is 15.0 Å². The molecule has 0 aliphatic carbocycles. The number of hydrogen-bond acceptors (Lipinski definition) is 3. The van der Waals surface area contributed by atoms with Gasteiger partial charge in [-0.1, -0.05) is 16.4 Å². The summed E-state index contributed by atoms with van der Waals surface area (Å²) in [6.45, 7) is 0. The second kappa shape index (κ2) is 2.76. The van der Waals surface area contributed by atoms with Crippen LogP contribution >= 0.6 is 0 Å². The lowest BCUT2D eigenvalue weighted by Gasteiger charge is -1.91. The Bertz CT molecular complexity index is 493. The summed E-state index contributed by atoms with van der Waals surface area (Å²) in [5.74, 6) is 0. The molecule has 0 unspecified atom stereocenters. The number of rotatable bonds is 1. The summed E-state index contributed by atoms with van der Waals surface area (Å²) in [5, 5.41) is 11.2. The molecule has 6 heteroatoms. The molecule has 0 atom stereocenters. The Morgan fingerprint density at radius 1 is 1.54 bits per heavy atom. The summed E-state index contributed by atoms with van der Waals surface area (Å²) in [6, 6.07) is 5.24. The van der Waals surface area contributed by atoms with E-state index >= 15 is 0 Å². The Balaban J connectivity index is 2.69. The van der Waals surface area contributed by atoms with Gasteiger partial charge < -0.3 is 0 Å². The van der Waals surface area contributed by atoms with Gasteiger partial charge in [0.15, 0.2) is 0 Å². The van der Waals surface area contributed by atoms with E-state index in [4.69, 9.17) is 5.53 Å². The maximum absolute atomic E-state index is 8.21. The van der Waals surface area contributed by atoms with Crippen molar-refractivity contribution >= 4 is 16.7 Å². The molecule has 1 aromatic heterocycles. The third kappa shape index (κ3) is 1.19. The van der Waals surface area contributed by atoms with Crippen molar-refractivity contribution in [3.8, 4) is 0 Å². The van der Waals surface area contributed by atoms with Crippen molar-refractivity contribution in [3.05, 3.63) is 28.6 Å². The normalized spacial score (nSPS) is 9.92. The zero-order valence-corrected chi connectivity index (χ0v) is 6.92. The molecule has 2 aromatic rings. The van der Waals surface area contributed by atoms with Crippen LogP contribution in [-0.2, 0) is 7.05 Å². The average molecular weight is 174 g/mol. The topological polar surface area (TPSA) is 79.5 Å². The highest BCUT2D eigenvalue weighted by atomic mass is 15.4. The molecule has 1 aromatic carbocycles. The minimum Gasteiger partial charge on any atom is -0.248 e. The van der Waals surface area contributed by atoms with E-state index in [2.05, 4.69) is 20.3 Å². The fourth-order valence-corrected chi connectivity index (χ4v) is 1.14. The summed E-state index contributed by atoms with van der Waals surface area (Å²) in [4.78, 5) is 2.69. The highest BCUT2D eigenvalue weighted by molar-refractivity contribution is 5.77. The number of fused-ring (bicyclic) bond motifs is 1. The first-order valence-electron chi connectivity index (χ1n) is 3.66. The maximum Gasteiger partial charge on any atom is 0.113 e. The van der Waals surface area contributed by atoms with Crippen LogP contribution < -0.4 is 0 Å². The lowest BCUT2D eigenvalue weighted by Crippen LogP contribution is -1.88. The zero-order valence-electron chi connectivity index (χ0n) is 6.92. The first-order valence-corrected chi connectivity index (χ1v) is 3.66. The van der Waals surface area contributed by atoms with Crippen LogP contribution in [0.5, 0.6) is 0 Å². The van der Waals surface area contributed by atoms with Gasteiger partial charge in [0.25, 0.3) is 0 Å². The van der Waals surface area contributed by atoms with Gasteiger partial charge in [0, 0.05) is 17.6 Å². The molecule has 0 radical (unpaired) electrons. The summed E-state index contributed by atoms with van der Waals surface area (Å²) in [5.41, 5.74) is 10.4. The predicted octanol–water partition coefficient (Wildman–Crippen LogP) is 1.91. The molecule has 1 heterocycles. The van der Waals surface area contributed by atoms with Crippen molar-refractivity contribution in [2.45, 2.75) is 0 Å². The minimum absolute atomic E-state index is 0.551. The average Bonchev–Trinajstić information content (AvgIpc) is 2.48. The van der Waals surface area contributed by atoms with Gasteiger partial charge in [-0.3, -0.25) is 0 Å². The molecular weight excluding hydrogens is 168 g/mol. The van der Waals surface area contributed by atoms with Gasteiger partial charge in [-0.15, -0.1) is 5.10 Å². The standard InChI is InChI=1S/C7H6N6/c1-13-7-3-2-5(9-11-8)4-6(7)10-12-13/h2-4H,1H3. The molecule has 0 bridgehead atoms. The van der Waals surface area contributed by atoms with E-state index in [1.54, 1.807) is 16.8 Å². The summed E-state index contributed by atoms with van der Waals surface area (Å²) < 4.78 is 1.66. The van der Waals surface area contributed by atoms with Crippen LogP contribution in [-0.4, -0.2) is 15.0 Å². The first-order chi connectivity index (χ1) is 6.31. The zero-order chi connectivity index (χ0) is 9.26. The van der Waals surface area contributed by atoms with Crippen molar-refractivity contribution in [2.24, 2.45) is 12.2 Å². The smallest absolute Gasteiger partial charge is 0.113 e. The van der Waals surface area contributed by atoms with E-state index in [1.807, 2.05) is 13.1 Å². The quantitative estimate of drug-likeness (QED) is 0.376. The molecule has 13 heavy (non-hydrogen) atoms. The van der Waals surface area contributed by atoms with Crippen molar-refractivity contribution in [2.75, 3.05) is 0 Å². The van der Waals surface area contributed by atoms with Gasteiger partial charge in [0.1, 0.15) is 5.52 Å². The number of nitrogens with zero attached hydrogens (tertiary/aromatic N) is 6. The van der Waals surface area contributed by atoms with Crippen molar-refractivity contribution in [3.63, 3.8) is 0 Å². The maximum atomic E-state index is 8.21. The van der Waals surface area contributed by atoms with E-state index < -0.39 is 0 Å². The molecule has 0 fully saturated rings. The Labute approximate surface area is 73.4 Å². The van der Waals surface area contributed by atoms with Crippen LogP contribution in [0.3, 0.4) is 0 Å². The van der Waals surface area contributed by atoms with E-state index in [9.17, 15) is 0 Å². The molecule has 0 aliphatic heterocycles. The monoisotopic (exact) mass is 174 g/mol. The second-order valence-electron chi connectivity index (χ2n) is 2.58. The fraction of sp³-hybridized carbons (Fsp3) is 0.143. The second-order valence-corrected chi connectivity index (χ2v) is 2.58. The third-order valence-electron chi connectivity index (χ3n) is 1.75. The Morgan fingerprint density at radius 2 is 2.38 bits per heavy atom. The Morgan fingerprint density at radius 3 is 3.15 bits per heavy atom. The van der Waals surface area contributed by atoms with Crippen LogP contribution in [0.1, 0.15) is 0 Å². The SMILES string of the molecule is Cn1nnc2cc(N=[N+]=[N-])ccc21. The largest absolute Gasteiger partial charge is 0.248 e. The molecule has 0 aliphatic rings. The minimum atomic E-state index is 0.551. The van der Waals surface area contributed by atoms with Gasteiger partial charge >= 0.3 is 0 Å². The third-order valence-corrected chi connectivity index (χ3v) is 1.75. The Hall–Kier alpha value is -2.07. The first kappa shape index (κ1) is 7.57. The molecule has 0 spiro atoms. The molecule has 0 saturated carbocycles. The molecule has 0 amide bonds. The Kier molecular flexibility index (Phi) is 1.61. The molecule has 6 nitrogen and oxygen atoms in total. The van der Waals surface area contributed by atoms with E-state index in [0.29, 0.717) is 5.69 Å². The van der Waals surface area contributed by atoms with Crippen molar-refractivity contribution in [1.29, 1.82) is 0 Å². The summed E-state index contributed by atoms with van der Waals surface area (Å²) in [6.07, 6.45) is 0. The number of benzene rings is 1. The lowest BCUT2D eigenvalue weighted by molar-refractivity contribution is 0.736. The number of aryl methyl sites for hydroxylation is 1. The molecule has 2 rings (SSSR count). The van der Waals surface area contributed by atoms with E-state index in [0.717, 1.165) is 11.0 Å². The highest BCUT2D eigenvalue weighted by Crippen LogP contribution is 2.18. The fourth-order valence-electron chi connectivity index (χ4n) is 1.14.